The number of aliphatic imine (C=N–C) groups is 1. The molecule has 0 spiro atoms. The quantitative estimate of drug-likeness (QED) is 0.467. The average molecular weight is 392 g/mol. The lowest BCUT2D eigenvalue weighted by Crippen LogP contribution is -2.49. The molecule has 2 N–H and O–H groups in total. The summed E-state index contributed by atoms with van der Waals surface area (Å²) in [5.41, 5.74) is 0. The summed E-state index contributed by atoms with van der Waals surface area (Å²) in [6.45, 7) is 15.4. The van der Waals surface area contributed by atoms with Crippen molar-refractivity contribution >= 4 is 5.96 Å². The highest BCUT2D eigenvalue weighted by Gasteiger charge is 2.15. The maximum atomic E-state index is 5.98. The molecule has 1 saturated heterocycles. The maximum Gasteiger partial charge on any atom is 0.191 e. The first kappa shape index (κ1) is 22.3. The third-order valence-corrected chi connectivity index (χ3v) is 4.88. The summed E-state index contributed by atoms with van der Waals surface area (Å²) in [6.07, 6.45) is -0.0473. The molecule has 0 radical (unpaired) electrons. The van der Waals surface area contributed by atoms with E-state index in [9.17, 15) is 0 Å². The van der Waals surface area contributed by atoms with Gasteiger partial charge in [0.2, 0.25) is 0 Å². The smallest absolute Gasteiger partial charge is 0.191 e. The van der Waals surface area contributed by atoms with Gasteiger partial charge in [0.25, 0.3) is 0 Å². The lowest BCUT2D eigenvalue weighted by atomic mass is 10.3. The van der Waals surface area contributed by atoms with Crippen LogP contribution in [-0.4, -0.2) is 87.9 Å². The molecule has 0 bridgehead atoms. The second-order valence-electron chi connectivity index (χ2n) is 7.00. The zero-order valence-corrected chi connectivity index (χ0v) is 17.9. The van der Waals surface area contributed by atoms with E-state index in [-0.39, 0.29) is 6.10 Å². The van der Waals surface area contributed by atoms with E-state index in [1.54, 1.807) is 7.11 Å². The molecule has 7 heteroatoms. The zero-order chi connectivity index (χ0) is 20.2. The molecule has 1 heterocycles. The number of piperazine rings is 1. The Balaban J connectivity index is 1.76. The van der Waals surface area contributed by atoms with Crippen molar-refractivity contribution in [1.29, 1.82) is 0 Å². The number of nitrogens with one attached hydrogen (secondary N) is 2. The Kier molecular flexibility index (Phi) is 9.93. The zero-order valence-electron chi connectivity index (χ0n) is 17.9. The van der Waals surface area contributed by atoms with Crippen LogP contribution < -0.4 is 20.1 Å². The minimum Gasteiger partial charge on any atom is -0.493 e. The Morgan fingerprint density at radius 2 is 1.75 bits per heavy atom. The summed E-state index contributed by atoms with van der Waals surface area (Å²) < 4.78 is 11.3. The van der Waals surface area contributed by atoms with Crippen molar-refractivity contribution in [1.82, 2.24) is 20.4 Å². The van der Waals surface area contributed by atoms with Gasteiger partial charge in [0.1, 0.15) is 6.10 Å². The van der Waals surface area contributed by atoms with Crippen molar-refractivity contribution in [3.8, 4) is 11.5 Å². The lowest BCUT2D eigenvalue weighted by Gasteiger charge is -2.34. The first-order valence-corrected chi connectivity index (χ1v) is 10.4. The number of likely N-dealkylation sites (N-methyl/N-ethyl adjacent to an activating group) is 1. The third-order valence-electron chi connectivity index (χ3n) is 4.88. The van der Waals surface area contributed by atoms with Crippen LogP contribution in [0.5, 0.6) is 11.5 Å². The summed E-state index contributed by atoms with van der Waals surface area (Å²) in [6, 6.07) is 7.70. The van der Waals surface area contributed by atoms with Gasteiger partial charge in [-0.3, -0.25) is 4.90 Å². The number of ether oxygens (including phenoxy) is 2. The first-order chi connectivity index (χ1) is 13.7. The van der Waals surface area contributed by atoms with E-state index in [0.29, 0.717) is 6.54 Å². The van der Waals surface area contributed by atoms with E-state index in [2.05, 4.69) is 39.3 Å². The van der Waals surface area contributed by atoms with Gasteiger partial charge in [0.05, 0.1) is 13.7 Å². The summed E-state index contributed by atoms with van der Waals surface area (Å²) in [5.74, 6) is 2.33. The van der Waals surface area contributed by atoms with Crippen molar-refractivity contribution in [2.24, 2.45) is 4.99 Å². The summed E-state index contributed by atoms with van der Waals surface area (Å²) in [5, 5.41) is 6.75. The number of methoxy groups -OCH3 is 1. The van der Waals surface area contributed by atoms with Gasteiger partial charge in [-0.25, -0.2) is 4.99 Å². The summed E-state index contributed by atoms with van der Waals surface area (Å²) >= 11 is 0. The molecule has 1 aliphatic heterocycles. The van der Waals surface area contributed by atoms with Gasteiger partial charge in [-0.15, -0.1) is 0 Å². The van der Waals surface area contributed by atoms with Crippen LogP contribution in [0.2, 0.25) is 0 Å². The second-order valence-corrected chi connectivity index (χ2v) is 7.00. The first-order valence-electron chi connectivity index (χ1n) is 10.4. The predicted octanol–water partition coefficient (Wildman–Crippen LogP) is 1.66. The molecule has 7 nitrogen and oxygen atoms in total. The second kappa shape index (κ2) is 12.5. The van der Waals surface area contributed by atoms with E-state index >= 15 is 0 Å². The Hall–Kier alpha value is -1.99. The molecule has 158 valence electrons. The fraction of sp³-hybridized carbons (Fsp3) is 0.667. The van der Waals surface area contributed by atoms with Crippen molar-refractivity contribution in [3.63, 3.8) is 0 Å². The molecule has 1 aliphatic rings. The van der Waals surface area contributed by atoms with E-state index < -0.39 is 0 Å². The molecular weight excluding hydrogens is 354 g/mol. The van der Waals surface area contributed by atoms with Crippen LogP contribution in [0.15, 0.2) is 29.3 Å². The normalized spacial score (nSPS) is 17.2. The van der Waals surface area contributed by atoms with Crippen molar-refractivity contribution < 1.29 is 9.47 Å². The largest absolute Gasteiger partial charge is 0.493 e. The molecule has 0 saturated carbocycles. The van der Waals surface area contributed by atoms with Gasteiger partial charge in [-0.1, -0.05) is 19.1 Å². The van der Waals surface area contributed by atoms with Gasteiger partial charge < -0.3 is 25.0 Å². The van der Waals surface area contributed by atoms with Crippen LogP contribution in [0.3, 0.4) is 0 Å². The molecular formula is C21H37N5O2. The van der Waals surface area contributed by atoms with Crippen molar-refractivity contribution in [2.45, 2.75) is 26.9 Å². The third kappa shape index (κ3) is 7.56. The minimum absolute atomic E-state index is 0.0473. The monoisotopic (exact) mass is 391 g/mol. The number of guanidine groups is 1. The predicted molar refractivity (Wildman–Crippen MR) is 116 cm³/mol. The topological polar surface area (TPSA) is 61.4 Å². The van der Waals surface area contributed by atoms with E-state index in [0.717, 1.165) is 56.7 Å². The fourth-order valence-electron chi connectivity index (χ4n) is 3.19. The Labute approximate surface area is 170 Å². The van der Waals surface area contributed by atoms with E-state index in [1.165, 1.54) is 13.1 Å². The molecule has 0 aliphatic carbocycles. The van der Waals surface area contributed by atoms with Gasteiger partial charge in [0, 0.05) is 45.8 Å². The standard InChI is InChI=1S/C21H37N5O2/c1-5-22-21(23-11-12-26-15-13-25(6-2)14-16-26)24-17-18(3)28-20-10-8-7-9-19(20)27-4/h7-10,18H,5-6,11-17H2,1-4H3,(H2,22,23,24). The highest BCUT2D eigenvalue weighted by Crippen LogP contribution is 2.26. The lowest BCUT2D eigenvalue weighted by molar-refractivity contribution is 0.139. The van der Waals surface area contributed by atoms with Crippen LogP contribution in [-0.2, 0) is 0 Å². The minimum atomic E-state index is -0.0473. The Morgan fingerprint density at radius 3 is 2.39 bits per heavy atom. The number of benzene rings is 1. The number of para-hydroxylation sites is 2. The molecule has 1 unspecified atom stereocenters. The van der Waals surface area contributed by atoms with Crippen LogP contribution in [0, 0.1) is 0 Å². The van der Waals surface area contributed by atoms with Crippen LogP contribution >= 0.6 is 0 Å². The molecule has 0 amide bonds. The molecule has 28 heavy (non-hydrogen) atoms. The fourth-order valence-corrected chi connectivity index (χ4v) is 3.19. The molecule has 1 aromatic carbocycles. The van der Waals surface area contributed by atoms with Crippen molar-refractivity contribution in [3.05, 3.63) is 24.3 Å². The van der Waals surface area contributed by atoms with Crippen LogP contribution in [0.1, 0.15) is 20.8 Å². The number of hydrogen-bond acceptors (Lipinski definition) is 5. The molecule has 1 fully saturated rings. The van der Waals surface area contributed by atoms with Crippen LogP contribution in [0.4, 0.5) is 0 Å². The molecule has 1 aromatic rings. The van der Waals surface area contributed by atoms with Gasteiger partial charge in [-0.05, 0) is 32.5 Å². The molecule has 2 rings (SSSR count). The Morgan fingerprint density at radius 1 is 1.07 bits per heavy atom. The van der Waals surface area contributed by atoms with Crippen molar-refractivity contribution in [2.75, 3.05) is 66.0 Å². The number of hydrogen-bond donors (Lipinski definition) is 2. The number of rotatable bonds is 10. The van der Waals surface area contributed by atoms with E-state index in [1.807, 2.05) is 31.2 Å². The maximum absolute atomic E-state index is 5.98. The number of nitrogens with zero attached hydrogens (tertiary/aromatic N) is 3. The highest BCUT2D eigenvalue weighted by atomic mass is 16.5. The van der Waals surface area contributed by atoms with Gasteiger partial charge in [0.15, 0.2) is 17.5 Å². The average Bonchev–Trinajstić information content (AvgIpc) is 2.73. The molecule has 0 aromatic heterocycles. The van der Waals surface area contributed by atoms with Gasteiger partial charge >= 0.3 is 0 Å². The molecule has 1 atom stereocenters. The summed E-state index contributed by atoms with van der Waals surface area (Å²) in [4.78, 5) is 9.68. The summed E-state index contributed by atoms with van der Waals surface area (Å²) in [7, 11) is 1.65. The SMILES string of the molecule is CCNC(=NCC(C)Oc1ccccc1OC)NCCN1CCN(CC)CC1. The Bertz CT molecular complexity index is 588. The highest BCUT2D eigenvalue weighted by molar-refractivity contribution is 5.79. The van der Waals surface area contributed by atoms with Gasteiger partial charge in [-0.2, -0.15) is 0 Å². The van der Waals surface area contributed by atoms with Crippen LogP contribution in [0.25, 0.3) is 0 Å². The van der Waals surface area contributed by atoms with E-state index in [4.69, 9.17) is 9.47 Å².